The third-order valence-corrected chi connectivity index (χ3v) is 6.55. The van der Waals surface area contributed by atoms with Crippen molar-refractivity contribution in [3.05, 3.63) is 30.5 Å². The van der Waals surface area contributed by atoms with Gasteiger partial charge in [-0.15, -0.1) is 11.8 Å². The maximum absolute atomic E-state index is 12.5. The number of aromatic nitrogens is 1. The van der Waals surface area contributed by atoms with Crippen molar-refractivity contribution in [2.24, 2.45) is 0 Å². The lowest BCUT2D eigenvalue weighted by molar-refractivity contribution is -0.131. The van der Waals surface area contributed by atoms with Crippen LogP contribution in [0.5, 0.6) is 0 Å². The summed E-state index contributed by atoms with van der Waals surface area (Å²) in [4.78, 5) is 27.8. The van der Waals surface area contributed by atoms with Crippen molar-refractivity contribution in [3.8, 4) is 0 Å². The molecule has 2 aromatic rings. The third kappa shape index (κ3) is 5.10. The number of hydrogen-bond donors (Lipinski definition) is 1. The van der Waals surface area contributed by atoms with Gasteiger partial charge in [0.05, 0.1) is 5.75 Å². The summed E-state index contributed by atoms with van der Waals surface area (Å²) in [6.07, 6.45) is 7.93. The fourth-order valence-electron chi connectivity index (χ4n) is 3.94. The number of carbonyl (C=O) groups excluding carboxylic acids is 2. The highest BCUT2D eigenvalue weighted by atomic mass is 32.2. The van der Waals surface area contributed by atoms with Crippen LogP contribution in [0, 0.1) is 0 Å². The van der Waals surface area contributed by atoms with E-state index in [0.29, 0.717) is 18.3 Å². The number of likely N-dealkylation sites (N-methyl/N-ethyl adjacent to an activating group) is 1. The molecule has 0 unspecified atom stereocenters. The molecule has 0 atom stereocenters. The Morgan fingerprint density at radius 1 is 1.14 bits per heavy atom. The normalized spacial score (nSPS) is 14.9. The van der Waals surface area contributed by atoms with Gasteiger partial charge in [-0.2, -0.15) is 0 Å². The molecule has 0 spiro atoms. The number of amides is 2. The number of para-hydroxylation sites is 1. The van der Waals surface area contributed by atoms with E-state index < -0.39 is 0 Å². The van der Waals surface area contributed by atoms with E-state index in [0.717, 1.165) is 41.7 Å². The van der Waals surface area contributed by atoms with Crippen LogP contribution in [0.4, 0.5) is 0 Å². The van der Waals surface area contributed by atoms with Crippen LogP contribution in [0.2, 0.25) is 0 Å². The van der Waals surface area contributed by atoms with E-state index in [2.05, 4.69) is 11.4 Å². The van der Waals surface area contributed by atoms with Gasteiger partial charge in [0.1, 0.15) is 6.54 Å². The van der Waals surface area contributed by atoms with Crippen molar-refractivity contribution in [2.75, 3.05) is 18.8 Å². The molecule has 1 N–H and O–H groups in total. The van der Waals surface area contributed by atoms with Gasteiger partial charge in [0.25, 0.3) is 0 Å². The first kappa shape index (κ1) is 20.8. The summed E-state index contributed by atoms with van der Waals surface area (Å²) < 4.78 is 2.01. The third-order valence-electron chi connectivity index (χ3n) is 5.50. The highest BCUT2D eigenvalue weighted by Crippen LogP contribution is 2.30. The first-order valence-electron chi connectivity index (χ1n) is 10.4. The van der Waals surface area contributed by atoms with Gasteiger partial charge in [-0.05, 0) is 32.8 Å². The van der Waals surface area contributed by atoms with E-state index >= 15 is 0 Å². The summed E-state index contributed by atoms with van der Waals surface area (Å²) in [6.45, 7) is 5.77. The number of rotatable bonds is 8. The van der Waals surface area contributed by atoms with E-state index in [1.165, 1.54) is 19.3 Å². The van der Waals surface area contributed by atoms with Crippen LogP contribution >= 0.6 is 11.8 Å². The molecule has 0 radical (unpaired) electrons. The zero-order chi connectivity index (χ0) is 19.9. The van der Waals surface area contributed by atoms with Crippen molar-refractivity contribution < 1.29 is 9.59 Å². The minimum atomic E-state index is 0.105. The van der Waals surface area contributed by atoms with Gasteiger partial charge >= 0.3 is 0 Å². The number of nitrogens with zero attached hydrogens (tertiary/aromatic N) is 2. The molecule has 152 valence electrons. The molecule has 3 rings (SSSR count). The quantitative estimate of drug-likeness (QED) is 0.679. The summed E-state index contributed by atoms with van der Waals surface area (Å²) in [5.41, 5.74) is 1.04. The Morgan fingerprint density at radius 2 is 1.86 bits per heavy atom. The van der Waals surface area contributed by atoms with Crippen molar-refractivity contribution in [1.29, 1.82) is 0 Å². The molecule has 1 fully saturated rings. The van der Waals surface area contributed by atoms with Gasteiger partial charge in [-0.1, -0.05) is 37.5 Å². The molecule has 5 nitrogen and oxygen atoms in total. The van der Waals surface area contributed by atoms with Gasteiger partial charge in [0.15, 0.2) is 0 Å². The number of thioether (sulfide) groups is 1. The van der Waals surface area contributed by atoms with Gasteiger partial charge in [-0.25, -0.2) is 0 Å². The zero-order valence-corrected chi connectivity index (χ0v) is 17.8. The Balaban J connectivity index is 1.67. The van der Waals surface area contributed by atoms with E-state index in [4.69, 9.17) is 0 Å². The molecule has 1 aliphatic rings. The minimum absolute atomic E-state index is 0.105. The van der Waals surface area contributed by atoms with Gasteiger partial charge < -0.3 is 14.8 Å². The molecular formula is C22H31N3O2S. The summed E-state index contributed by atoms with van der Waals surface area (Å²) >= 11 is 1.56. The lowest BCUT2D eigenvalue weighted by atomic mass is 9.95. The van der Waals surface area contributed by atoms with Crippen molar-refractivity contribution in [1.82, 2.24) is 14.8 Å². The molecule has 6 heteroatoms. The molecule has 0 aliphatic heterocycles. The molecule has 1 saturated carbocycles. The van der Waals surface area contributed by atoms with E-state index in [1.54, 1.807) is 11.8 Å². The maximum Gasteiger partial charge on any atom is 0.242 e. The number of nitrogens with one attached hydrogen (secondary N) is 1. The van der Waals surface area contributed by atoms with Crippen LogP contribution in [0.25, 0.3) is 10.9 Å². The van der Waals surface area contributed by atoms with Crippen molar-refractivity contribution >= 4 is 34.5 Å². The SMILES string of the molecule is CCN(CC)C(=O)Cn1cc(SCC(=O)NC2CCCCC2)c2ccccc21. The molecule has 1 aromatic heterocycles. The molecule has 2 amide bonds. The highest BCUT2D eigenvalue weighted by molar-refractivity contribution is 8.00. The molecule has 0 saturated heterocycles. The molecule has 0 bridgehead atoms. The first-order valence-corrected chi connectivity index (χ1v) is 11.4. The van der Waals surface area contributed by atoms with Gasteiger partial charge in [0, 0.05) is 41.1 Å². The molecule has 1 aliphatic carbocycles. The fourth-order valence-corrected chi connectivity index (χ4v) is 4.84. The Bertz CT molecular complexity index is 807. The van der Waals surface area contributed by atoms with Crippen LogP contribution in [0.1, 0.15) is 46.0 Å². The van der Waals surface area contributed by atoms with Crippen LogP contribution in [0.15, 0.2) is 35.4 Å². The Labute approximate surface area is 171 Å². The monoisotopic (exact) mass is 401 g/mol. The maximum atomic E-state index is 12.5. The van der Waals surface area contributed by atoms with Crippen LogP contribution in [0.3, 0.4) is 0 Å². The smallest absolute Gasteiger partial charge is 0.242 e. The topological polar surface area (TPSA) is 54.3 Å². The van der Waals surface area contributed by atoms with Crippen LogP contribution < -0.4 is 5.32 Å². The number of fused-ring (bicyclic) bond motifs is 1. The fraction of sp³-hybridized carbons (Fsp3) is 0.545. The van der Waals surface area contributed by atoms with E-state index in [1.807, 2.05) is 47.7 Å². The predicted molar refractivity (Wildman–Crippen MR) is 116 cm³/mol. The summed E-state index contributed by atoms with van der Waals surface area (Å²) in [7, 11) is 0. The second-order valence-corrected chi connectivity index (χ2v) is 8.41. The number of hydrogen-bond acceptors (Lipinski definition) is 3. The average Bonchev–Trinajstić information content (AvgIpc) is 3.06. The van der Waals surface area contributed by atoms with Crippen LogP contribution in [-0.2, 0) is 16.1 Å². The largest absolute Gasteiger partial charge is 0.353 e. The van der Waals surface area contributed by atoms with Crippen molar-refractivity contribution in [2.45, 2.75) is 63.4 Å². The highest BCUT2D eigenvalue weighted by Gasteiger charge is 2.18. The zero-order valence-electron chi connectivity index (χ0n) is 16.9. The van der Waals surface area contributed by atoms with E-state index in [9.17, 15) is 9.59 Å². The Kier molecular flexibility index (Phi) is 7.43. The van der Waals surface area contributed by atoms with E-state index in [-0.39, 0.29) is 11.8 Å². The standard InChI is InChI=1S/C22H31N3O2S/c1-3-24(4-2)22(27)15-25-14-20(18-12-8-9-13-19(18)25)28-16-21(26)23-17-10-6-5-7-11-17/h8-9,12-14,17H,3-7,10-11,15-16H2,1-2H3,(H,23,26). The first-order chi connectivity index (χ1) is 13.6. The molecular weight excluding hydrogens is 370 g/mol. The lowest BCUT2D eigenvalue weighted by Crippen LogP contribution is -2.37. The molecule has 1 heterocycles. The molecule has 28 heavy (non-hydrogen) atoms. The van der Waals surface area contributed by atoms with Crippen LogP contribution in [-0.4, -0.2) is 46.2 Å². The van der Waals surface area contributed by atoms with Crippen molar-refractivity contribution in [3.63, 3.8) is 0 Å². The number of benzene rings is 1. The Morgan fingerprint density at radius 3 is 2.57 bits per heavy atom. The molecule has 1 aromatic carbocycles. The van der Waals surface area contributed by atoms with Gasteiger partial charge in [-0.3, -0.25) is 9.59 Å². The summed E-state index contributed by atoms with van der Waals surface area (Å²) in [5.74, 6) is 0.638. The second kappa shape index (κ2) is 10.0. The lowest BCUT2D eigenvalue weighted by Gasteiger charge is -2.22. The predicted octanol–water partition coefficient (Wildman–Crippen LogP) is 4.05. The average molecular weight is 402 g/mol. The summed E-state index contributed by atoms with van der Waals surface area (Å²) in [6, 6.07) is 8.44. The Hall–Kier alpha value is -1.95. The summed E-state index contributed by atoms with van der Waals surface area (Å²) in [5, 5.41) is 4.28. The van der Waals surface area contributed by atoms with Gasteiger partial charge in [0.2, 0.25) is 11.8 Å². The number of carbonyl (C=O) groups is 2. The minimum Gasteiger partial charge on any atom is -0.353 e. The second-order valence-electron chi connectivity index (χ2n) is 7.40.